The number of aryl methyl sites for hydroxylation is 1. The molecule has 2 heterocycles. The zero-order chi connectivity index (χ0) is 16.8. The van der Waals surface area contributed by atoms with E-state index in [0.29, 0.717) is 12.4 Å². The van der Waals surface area contributed by atoms with Gasteiger partial charge in [0.15, 0.2) is 5.69 Å². The number of aromatic nitrogens is 3. The van der Waals surface area contributed by atoms with E-state index in [2.05, 4.69) is 25.8 Å². The van der Waals surface area contributed by atoms with Crippen LogP contribution in [0.2, 0.25) is 0 Å². The molecule has 0 unspecified atom stereocenters. The number of amides is 1. The predicted molar refractivity (Wildman–Crippen MR) is 92.7 cm³/mol. The summed E-state index contributed by atoms with van der Waals surface area (Å²) in [6, 6.07) is 14.8. The lowest BCUT2D eigenvalue weighted by molar-refractivity contribution is 0.102. The van der Waals surface area contributed by atoms with E-state index in [1.165, 1.54) is 0 Å². The predicted octanol–water partition coefficient (Wildman–Crippen LogP) is 3.04. The number of benzene rings is 1. The number of carbonyl (C=O) groups is 1. The Bertz CT molecular complexity index is 818. The van der Waals surface area contributed by atoms with Gasteiger partial charge in [0.25, 0.3) is 5.91 Å². The summed E-state index contributed by atoms with van der Waals surface area (Å²) < 4.78 is 0. The third-order valence-corrected chi connectivity index (χ3v) is 3.51. The van der Waals surface area contributed by atoms with Crippen molar-refractivity contribution in [1.82, 2.24) is 15.2 Å². The van der Waals surface area contributed by atoms with Gasteiger partial charge in [0, 0.05) is 24.6 Å². The Kier molecular flexibility index (Phi) is 4.76. The number of nitrogens with one attached hydrogen (secondary N) is 2. The van der Waals surface area contributed by atoms with Crippen LogP contribution in [-0.4, -0.2) is 21.1 Å². The number of hydrogen-bond acceptors (Lipinski definition) is 5. The minimum atomic E-state index is -0.280. The van der Waals surface area contributed by atoms with Crippen LogP contribution in [0.4, 0.5) is 11.5 Å². The second kappa shape index (κ2) is 7.32. The van der Waals surface area contributed by atoms with Gasteiger partial charge in [0.1, 0.15) is 5.82 Å². The van der Waals surface area contributed by atoms with Crippen molar-refractivity contribution in [2.45, 2.75) is 13.5 Å². The Morgan fingerprint density at radius 3 is 2.50 bits per heavy atom. The molecule has 6 nitrogen and oxygen atoms in total. The Hall–Kier alpha value is -3.28. The first-order chi connectivity index (χ1) is 11.7. The molecule has 24 heavy (non-hydrogen) atoms. The van der Waals surface area contributed by atoms with Gasteiger partial charge in [0.05, 0.1) is 0 Å². The first kappa shape index (κ1) is 15.6. The molecule has 1 amide bonds. The number of carbonyl (C=O) groups excluding carboxylic acids is 1. The molecule has 0 aliphatic carbocycles. The first-order valence-electron chi connectivity index (χ1n) is 7.56. The van der Waals surface area contributed by atoms with Crippen molar-refractivity contribution in [2.75, 3.05) is 10.6 Å². The van der Waals surface area contributed by atoms with E-state index in [9.17, 15) is 4.79 Å². The molecular weight excluding hydrogens is 302 g/mol. The summed E-state index contributed by atoms with van der Waals surface area (Å²) in [5.41, 5.74) is 3.12. The van der Waals surface area contributed by atoms with Gasteiger partial charge in [-0.25, -0.2) is 0 Å². The molecule has 0 fully saturated rings. The van der Waals surface area contributed by atoms with Crippen molar-refractivity contribution in [3.63, 3.8) is 0 Å². The molecule has 120 valence electrons. The summed E-state index contributed by atoms with van der Waals surface area (Å²) >= 11 is 0. The average Bonchev–Trinajstić information content (AvgIpc) is 2.63. The Balaban J connectivity index is 1.61. The number of pyridine rings is 1. The molecule has 0 aliphatic heterocycles. The second-order valence-corrected chi connectivity index (χ2v) is 5.28. The summed E-state index contributed by atoms with van der Waals surface area (Å²) in [5.74, 6) is 0.330. The molecular formula is C18H17N5O. The summed E-state index contributed by atoms with van der Waals surface area (Å²) in [7, 11) is 0. The van der Waals surface area contributed by atoms with Crippen LogP contribution in [0.1, 0.15) is 21.6 Å². The van der Waals surface area contributed by atoms with Gasteiger partial charge in [-0.15, -0.1) is 10.2 Å². The van der Waals surface area contributed by atoms with E-state index >= 15 is 0 Å². The summed E-state index contributed by atoms with van der Waals surface area (Å²) in [6.45, 7) is 2.55. The standard InChI is InChI=1S/C18H17N5O/c1-13-4-2-3-5-15(13)21-18(24)16-6-7-17(23-22-16)20-12-14-8-10-19-11-9-14/h2-11H,12H2,1H3,(H,20,23)(H,21,24). The van der Waals surface area contributed by atoms with Gasteiger partial charge < -0.3 is 10.6 Å². The fourth-order valence-corrected chi connectivity index (χ4v) is 2.14. The van der Waals surface area contributed by atoms with Gasteiger partial charge >= 0.3 is 0 Å². The monoisotopic (exact) mass is 319 g/mol. The van der Waals surface area contributed by atoms with Crippen molar-refractivity contribution in [3.8, 4) is 0 Å². The lowest BCUT2D eigenvalue weighted by atomic mass is 10.2. The first-order valence-corrected chi connectivity index (χ1v) is 7.56. The minimum absolute atomic E-state index is 0.271. The molecule has 6 heteroatoms. The highest BCUT2D eigenvalue weighted by molar-refractivity contribution is 6.03. The van der Waals surface area contributed by atoms with Crippen molar-refractivity contribution in [1.29, 1.82) is 0 Å². The van der Waals surface area contributed by atoms with Crippen molar-refractivity contribution in [2.24, 2.45) is 0 Å². The number of para-hydroxylation sites is 1. The highest BCUT2D eigenvalue weighted by Crippen LogP contribution is 2.14. The van der Waals surface area contributed by atoms with E-state index in [-0.39, 0.29) is 11.6 Å². The molecule has 2 aromatic heterocycles. The normalized spacial score (nSPS) is 10.2. The van der Waals surface area contributed by atoms with Crippen LogP contribution in [0.3, 0.4) is 0 Å². The Morgan fingerprint density at radius 1 is 1.00 bits per heavy atom. The highest BCUT2D eigenvalue weighted by Gasteiger charge is 2.09. The van der Waals surface area contributed by atoms with Crippen LogP contribution in [0.5, 0.6) is 0 Å². The fraction of sp³-hybridized carbons (Fsp3) is 0.111. The molecule has 0 atom stereocenters. The van der Waals surface area contributed by atoms with Crippen LogP contribution >= 0.6 is 0 Å². The van der Waals surface area contributed by atoms with E-state index in [1.807, 2.05) is 43.3 Å². The van der Waals surface area contributed by atoms with Gasteiger partial charge in [-0.2, -0.15) is 0 Å². The van der Waals surface area contributed by atoms with Gasteiger partial charge in [-0.1, -0.05) is 18.2 Å². The van der Waals surface area contributed by atoms with Gasteiger partial charge in [0.2, 0.25) is 0 Å². The number of anilines is 2. The van der Waals surface area contributed by atoms with E-state index in [1.54, 1.807) is 24.5 Å². The molecule has 0 spiro atoms. The maximum Gasteiger partial charge on any atom is 0.276 e. The van der Waals surface area contributed by atoms with E-state index < -0.39 is 0 Å². The maximum atomic E-state index is 12.2. The average molecular weight is 319 g/mol. The summed E-state index contributed by atoms with van der Waals surface area (Å²) in [6.07, 6.45) is 3.48. The molecule has 0 saturated heterocycles. The zero-order valence-corrected chi connectivity index (χ0v) is 13.2. The van der Waals surface area contributed by atoms with Crippen LogP contribution in [0.15, 0.2) is 60.9 Å². The topological polar surface area (TPSA) is 79.8 Å². The lowest BCUT2D eigenvalue weighted by Gasteiger charge is -2.08. The van der Waals surface area contributed by atoms with Crippen molar-refractivity contribution >= 4 is 17.4 Å². The SMILES string of the molecule is Cc1ccccc1NC(=O)c1ccc(NCc2ccncc2)nn1. The molecule has 2 N–H and O–H groups in total. The number of hydrogen-bond donors (Lipinski definition) is 2. The van der Waals surface area contributed by atoms with E-state index in [0.717, 1.165) is 16.8 Å². The Labute approximate surface area is 140 Å². The maximum absolute atomic E-state index is 12.2. The fourth-order valence-electron chi connectivity index (χ4n) is 2.14. The molecule has 0 bridgehead atoms. The van der Waals surface area contributed by atoms with Crippen LogP contribution in [0.25, 0.3) is 0 Å². The van der Waals surface area contributed by atoms with Crippen LogP contribution in [-0.2, 0) is 6.54 Å². The summed E-state index contributed by atoms with van der Waals surface area (Å²) in [5, 5.41) is 14.0. The number of nitrogens with zero attached hydrogens (tertiary/aromatic N) is 3. The molecule has 3 rings (SSSR count). The largest absolute Gasteiger partial charge is 0.365 e. The smallest absolute Gasteiger partial charge is 0.276 e. The van der Waals surface area contributed by atoms with Crippen molar-refractivity contribution < 1.29 is 4.79 Å². The summed E-state index contributed by atoms with van der Waals surface area (Å²) in [4.78, 5) is 16.2. The number of rotatable bonds is 5. The molecule has 3 aromatic rings. The Morgan fingerprint density at radius 2 is 1.79 bits per heavy atom. The zero-order valence-electron chi connectivity index (χ0n) is 13.2. The molecule has 0 radical (unpaired) electrons. The third-order valence-electron chi connectivity index (χ3n) is 3.51. The van der Waals surface area contributed by atoms with Crippen LogP contribution < -0.4 is 10.6 Å². The molecule has 0 saturated carbocycles. The van der Waals surface area contributed by atoms with Gasteiger partial charge in [-0.3, -0.25) is 9.78 Å². The third kappa shape index (κ3) is 3.92. The van der Waals surface area contributed by atoms with Crippen LogP contribution in [0, 0.1) is 6.92 Å². The van der Waals surface area contributed by atoms with Crippen molar-refractivity contribution in [3.05, 3.63) is 77.7 Å². The minimum Gasteiger partial charge on any atom is -0.365 e. The molecule has 1 aromatic carbocycles. The van der Waals surface area contributed by atoms with E-state index in [4.69, 9.17) is 0 Å². The quantitative estimate of drug-likeness (QED) is 0.755. The lowest BCUT2D eigenvalue weighted by Crippen LogP contribution is -2.15. The highest BCUT2D eigenvalue weighted by atomic mass is 16.1. The molecule has 0 aliphatic rings. The second-order valence-electron chi connectivity index (χ2n) is 5.28. The van der Waals surface area contributed by atoms with Gasteiger partial charge in [-0.05, 0) is 48.4 Å².